The van der Waals surface area contributed by atoms with Crippen LogP contribution in [0.1, 0.15) is 84.0 Å². The van der Waals surface area contributed by atoms with E-state index in [4.69, 9.17) is 0 Å². The Hall–Kier alpha value is 0.0300. The number of hydrogen-bond acceptors (Lipinski definition) is 0. The Morgan fingerprint density at radius 2 is 1.55 bits per heavy atom. The van der Waals surface area contributed by atoms with E-state index in [-0.39, 0.29) is 0 Å². The lowest BCUT2D eigenvalue weighted by molar-refractivity contribution is 0.151. The van der Waals surface area contributed by atoms with Crippen molar-refractivity contribution in [2.75, 3.05) is 0 Å². The molecule has 0 radical (unpaired) electrons. The van der Waals surface area contributed by atoms with E-state index in [9.17, 15) is 0 Å². The largest absolute Gasteiger partial charge is 0.0730 e. The summed E-state index contributed by atoms with van der Waals surface area (Å²) in [6, 6.07) is 0. The van der Waals surface area contributed by atoms with Crippen molar-refractivity contribution in [1.82, 2.24) is 0 Å². The number of allylic oxidation sites excluding steroid dienone is 2. The lowest BCUT2D eigenvalue weighted by atomic mass is 9.68. The van der Waals surface area contributed by atoms with Crippen molar-refractivity contribution in [1.29, 1.82) is 0 Å². The van der Waals surface area contributed by atoms with Crippen LogP contribution < -0.4 is 0 Å². The second kappa shape index (κ2) is 10.7. The second-order valence-electron chi connectivity index (χ2n) is 7.55. The summed E-state index contributed by atoms with van der Waals surface area (Å²) in [5.41, 5.74) is 0. The van der Waals surface area contributed by atoms with Gasteiger partial charge in [-0.2, -0.15) is 0 Å². The van der Waals surface area contributed by atoms with E-state index < -0.39 is 0 Å². The highest BCUT2D eigenvalue weighted by molar-refractivity contribution is 14.1. The molecular weight excluding hydrogens is 379 g/mol. The highest BCUT2D eigenvalue weighted by atomic mass is 127. The van der Waals surface area contributed by atoms with Crippen LogP contribution in [-0.4, -0.2) is 0 Å². The standard InChI is InChI=1S/C21H33I/c1-2-3-4-7-18-9-13-20(14-10-18)21-15-11-19(12-16-21)8-5-6-17-22/h5,8,18-21H,2-4,7,9-16H2,1H3/b8-5+. The van der Waals surface area contributed by atoms with Gasteiger partial charge in [-0.3, -0.25) is 0 Å². The van der Waals surface area contributed by atoms with Gasteiger partial charge in [0.1, 0.15) is 0 Å². The van der Waals surface area contributed by atoms with Gasteiger partial charge >= 0.3 is 0 Å². The van der Waals surface area contributed by atoms with E-state index in [1.54, 1.807) is 0 Å². The minimum absolute atomic E-state index is 0.805. The third-order valence-electron chi connectivity index (χ3n) is 6.10. The molecule has 2 aliphatic rings. The molecule has 0 unspecified atom stereocenters. The van der Waals surface area contributed by atoms with Gasteiger partial charge < -0.3 is 0 Å². The molecule has 0 heterocycles. The van der Waals surface area contributed by atoms with Crippen LogP contribution in [-0.2, 0) is 0 Å². The molecule has 124 valence electrons. The summed E-state index contributed by atoms with van der Waals surface area (Å²) in [4.78, 5) is 0. The number of unbranched alkanes of at least 4 members (excludes halogenated alkanes) is 2. The lowest BCUT2D eigenvalue weighted by Crippen LogP contribution is -2.25. The third kappa shape index (κ3) is 6.26. The van der Waals surface area contributed by atoms with Crippen molar-refractivity contribution in [3.63, 3.8) is 0 Å². The molecule has 2 rings (SSSR count). The third-order valence-corrected chi connectivity index (χ3v) is 6.41. The number of halogens is 1. The predicted octanol–water partition coefficient (Wildman–Crippen LogP) is 7.13. The fourth-order valence-electron chi connectivity index (χ4n) is 4.66. The van der Waals surface area contributed by atoms with Crippen LogP contribution in [0, 0.1) is 33.5 Å². The van der Waals surface area contributed by atoms with E-state index in [0.29, 0.717) is 0 Å². The minimum Gasteiger partial charge on any atom is -0.0730 e. The fraction of sp³-hybridized carbons (Fsp3) is 0.810. The molecule has 0 atom stereocenters. The zero-order valence-corrected chi connectivity index (χ0v) is 16.5. The Bertz CT molecular complexity index is 370. The molecule has 0 spiro atoms. The average molecular weight is 412 g/mol. The minimum atomic E-state index is 0.805. The van der Waals surface area contributed by atoms with Gasteiger partial charge in [0.05, 0.1) is 0 Å². The highest BCUT2D eigenvalue weighted by Crippen LogP contribution is 2.42. The Labute approximate surface area is 152 Å². The smallest absolute Gasteiger partial charge is 0.0185 e. The molecule has 0 aromatic rings. The number of rotatable bonds is 6. The average Bonchev–Trinajstić information content (AvgIpc) is 2.57. The van der Waals surface area contributed by atoms with Crippen LogP contribution in [0.3, 0.4) is 0 Å². The van der Waals surface area contributed by atoms with E-state index in [0.717, 1.165) is 23.7 Å². The lowest BCUT2D eigenvalue weighted by Gasteiger charge is -2.37. The summed E-state index contributed by atoms with van der Waals surface area (Å²) in [5, 5.41) is 0. The summed E-state index contributed by atoms with van der Waals surface area (Å²) in [7, 11) is 0. The molecule has 0 nitrogen and oxygen atoms in total. The van der Waals surface area contributed by atoms with Crippen LogP contribution >= 0.6 is 22.6 Å². The van der Waals surface area contributed by atoms with Gasteiger partial charge in [-0.1, -0.05) is 57.4 Å². The van der Waals surface area contributed by atoms with Gasteiger partial charge in [0.2, 0.25) is 0 Å². The predicted molar refractivity (Wildman–Crippen MR) is 106 cm³/mol. The van der Waals surface area contributed by atoms with Crippen LogP contribution in [0.15, 0.2) is 12.2 Å². The van der Waals surface area contributed by atoms with Gasteiger partial charge in [0.15, 0.2) is 0 Å². The fourth-order valence-corrected chi connectivity index (χ4v) is 4.84. The first-order valence-electron chi connectivity index (χ1n) is 9.61. The normalized spacial score (nSPS) is 32.6. The summed E-state index contributed by atoms with van der Waals surface area (Å²) in [5.74, 6) is 7.02. The first-order chi connectivity index (χ1) is 10.8. The molecule has 0 saturated heterocycles. The zero-order chi connectivity index (χ0) is 15.6. The van der Waals surface area contributed by atoms with Crippen molar-refractivity contribution in [3.8, 4) is 9.85 Å². The van der Waals surface area contributed by atoms with E-state index >= 15 is 0 Å². The van der Waals surface area contributed by atoms with Gasteiger partial charge in [-0.25, -0.2) is 0 Å². The Morgan fingerprint density at radius 3 is 2.14 bits per heavy atom. The van der Waals surface area contributed by atoms with Crippen LogP contribution in [0.5, 0.6) is 0 Å². The molecule has 2 fully saturated rings. The van der Waals surface area contributed by atoms with Gasteiger partial charge in [-0.15, -0.1) is 0 Å². The molecule has 0 amide bonds. The van der Waals surface area contributed by atoms with Gasteiger partial charge in [0.25, 0.3) is 0 Å². The summed E-state index contributed by atoms with van der Waals surface area (Å²) < 4.78 is 2.92. The van der Waals surface area contributed by atoms with Gasteiger partial charge in [0, 0.05) is 22.6 Å². The Balaban J connectivity index is 1.64. The second-order valence-corrected chi connectivity index (χ2v) is 8.09. The summed E-state index contributed by atoms with van der Waals surface area (Å²) >= 11 is 2.11. The molecule has 0 aromatic heterocycles. The molecule has 2 saturated carbocycles. The first kappa shape index (κ1) is 18.4. The van der Waals surface area contributed by atoms with Crippen molar-refractivity contribution in [2.45, 2.75) is 84.0 Å². The molecule has 0 bridgehead atoms. The Morgan fingerprint density at radius 1 is 0.909 bits per heavy atom. The van der Waals surface area contributed by atoms with Crippen molar-refractivity contribution in [2.24, 2.45) is 23.7 Å². The van der Waals surface area contributed by atoms with Crippen molar-refractivity contribution < 1.29 is 0 Å². The molecule has 1 heteroatoms. The maximum atomic E-state index is 3.05. The molecule has 0 aromatic carbocycles. The van der Waals surface area contributed by atoms with E-state index in [1.807, 2.05) is 0 Å². The van der Waals surface area contributed by atoms with Crippen molar-refractivity contribution >= 4 is 22.6 Å². The Kier molecular flexibility index (Phi) is 8.97. The molecule has 22 heavy (non-hydrogen) atoms. The highest BCUT2D eigenvalue weighted by Gasteiger charge is 2.30. The van der Waals surface area contributed by atoms with Crippen molar-refractivity contribution in [3.05, 3.63) is 12.2 Å². The summed E-state index contributed by atoms with van der Waals surface area (Å²) in [6.07, 6.45) is 22.1. The topological polar surface area (TPSA) is 0 Å². The maximum Gasteiger partial charge on any atom is 0.0185 e. The zero-order valence-electron chi connectivity index (χ0n) is 14.3. The molecule has 0 N–H and O–H groups in total. The molecule has 0 aliphatic heterocycles. The SMILES string of the molecule is CCCCCC1CCC(C2CCC(/C=C/C#CI)CC2)CC1. The van der Waals surface area contributed by atoms with Crippen LogP contribution in [0.2, 0.25) is 0 Å². The quantitative estimate of drug-likeness (QED) is 0.247. The molecule has 2 aliphatic carbocycles. The van der Waals surface area contributed by atoms with Crippen LogP contribution in [0.25, 0.3) is 0 Å². The molecular formula is C21H33I. The maximum absolute atomic E-state index is 3.05. The number of hydrogen-bond donors (Lipinski definition) is 0. The van der Waals surface area contributed by atoms with E-state index in [2.05, 4.69) is 51.5 Å². The monoisotopic (exact) mass is 412 g/mol. The first-order valence-corrected chi connectivity index (χ1v) is 10.7. The van der Waals surface area contributed by atoms with E-state index in [1.165, 1.54) is 77.0 Å². The summed E-state index contributed by atoms with van der Waals surface area (Å²) in [6.45, 7) is 2.32. The van der Waals surface area contributed by atoms with Crippen LogP contribution in [0.4, 0.5) is 0 Å². The van der Waals surface area contributed by atoms with Gasteiger partial charge in [-0.05, 0) is 72.2 Å².